The average Bonchev–Trinajstić information content (AvgIpc) is 2.92. The van der Waals surface area contributed by atoms with Crippen LogP contribution in [0.25, 0.3) is 11.1 Å². The minimum Gasteiger partial charge on any atom is -0.497 e. The van der Waals surface area contributed by atoms with Crippen LogP contribution in [0, 0.1) is 0 Å². The first-order valence-corrected chi connectivity index (χ1v) is 13.1. The Bertz CT molecular complexity index is 1270. The van der Waals surface area contributed by atoms with Crippen LogP contribution in [0.1, 0.15) is 28.8 Å². The molecular formula is C28H30N2O5S. The molecule has 0 saturated carbocycles. The average molecular weight is 507 g/mol. The van der Waals surface area contributed by atoms with Gasteiger partial charge in [0.15, 0.2) is 0 Å². The maximum absolute atomic E-state index is 13.0. The van der Waals surface area contributed by atoms with Gasteiger partial charge in [0.25, 0.3) is 5.91 Å². The molecule has 3 aromatic carbocycles. The largest absolute Gasteiger partial charge is 0.497 e. The second-order valence-corrected chi connectivity index (χ2v) is 10.7. The Morgan fingerprint density at radius 1 is 0.972 bits per heavy atom. The molecule has 2 heterocycles. The molecule has 1 fully saturated rings. The van der Waals surface area contributed by atoms with Crippen molar-refractivity contribution in [1.82, 2.24) is 9.21 Å². The van der Waals surface area contributed by atoms with Crippen molar-refractivity contribution in [2.24, 2.45) is 0 Å². The molecule has 8 heteroatoms. The van der Waals surface area contributed by atoms with E-state index in [1.807, 2.05) is 65.0 Å². The lowest BCUT2D eigenvalue weighted by Crippen LogP contribution is -2.51. The van der Waals surface area contributed by atoms with Gasteiger partial charge in [0.2, 0.25) is 5.79 Å². The Labute approximate surface area is 214 Å². The highest BCUT2D eigenvalue weighted by Crippen LogP contribution is 2.39. The minimum absolute atomic E-state index is 0.0158. The predicted molar refractivity (Wildman–Crippen MR) is 138 cm³/mol. The van der Waals surface area contributed by atoms with Crippen molar-refractivity contribution < 1.29 is 23.2 Å². The molecule has 1 unspecified atom stereocenters. The van der Waals surface area contributed by atoms with Crippen molar-refractivity contribution in [2.45, 2.75) is 30.1 Å². The minimum atomic E-state index is -1.24. The lowest BCUT2D eigenvalue weighted by atomic mass is 9.99. The second kappa shape index (κ2) is 10.0. The van der Waals surface area contributed by atoms with Gasteiger partial charge in [-0.2, -0.15) is 0 Å². The summed E-state index contributed by atoms with van der Waals surface area (Å²) in [4.78, 5) is 14.5. The maximum Gasteiger partial charge on any atom is 0.253 e. The standard InChI is InChI=1S/C28H30N2O5S/c1-29(2)27(31)21-6-4-20(5-7-21)22-8-13-26-23(18-22)19-34-28(35-26)14-16-30(17-15-28)36(32)25-11-9-24(33-3)10-12-25/h4-13,18H,14-17,19H2,1-3H3. The SMILES string of the molecule is COc1ccc(S(=O)N2CCC3(CC2)OCc2cc(-c4ccc(C(=O)N(C)C)cc4)ccc2O3)cc1. The normalized spacial score (nSPS) is 17.6. The first-order valence-electron chi connectivity index (χ1n) is 12.0. The number of amides is 1. The number of piperidine rings is 1. The fraction of sp³-hybridized carbons (Fsp3) is 0.321. The van der Waals surface area contributed by atoms with E-state index in [9.17, 15) is 9.00 Å². The molecule has 0 bridgehead atoms. The molecule has 3 aromatic rings. The molecule has 0 radical (unpaired) electrons. The zero-order valence-electron chi connectivity index (χ0n) is 20.7. The van der Waals surface area contributed by atoms with E-state index in [4.69, 9.17) is 14.2 Å². The maximum atomic E-state index is 13.0. The van der Waals surface area contributed by atoms with Gasteiger partial charge in [-0.05, 0) is 59.7 Å². The van der Waals surface area contributed by atoms with Crippen molar-refractivity contribution in [2.75, 3.05) is 34.3 Å². The van der Waals surface area contributed by atoms with E-state index in [0.29, 0.717) is 38.1 Å². The molecule has 0 aliphatic carbocycles. The number of nitrogens with zero attached hydrogens (tertiary/aromatic N) is 2. The number of hydrogen-bond donors (Lipinski definition) is 0. The molecule has 36 heavy (non-hydrogen) atoms. The Hall–Kier alpha value is -3.20. The lowest BCUT2D eigenvalue weighted by Gasteiger charge is -2.43. The van der Waals surface area contributed by atoms with Crippen molar-refractivity contribution >= 4 is 16.9 Å². The van der Waals surface area contributed by atoms with E-state index >= 15 is 0 Å². The number of rotatable bonds is 5. The van der Waals surface area contributed by atoms with Crippen molar-refractivity contribution in [1.29, 1.82) is 0 Å². The molecule has 5 rings (SSSR count). The lowest BCUT2D eigenvalue weighted by molar-refractivity contribution is -0.223. The second-order valence-electron chi connectivity index (χ2n) is 9.25. The summed E-state index contributed by atoms with van der Waals surface area (Å²) in [6.45, 7) is 1.69. The molecule has 2 aliphatic rings. The van der Waals surface area contributed by atoms with Crippen LogP contribution < -0.4 is 9.47 Å². The fourth-order valence-electron chi connectivity index (χ4n) is 4.55. The third-order valence-corrected chi connectivity index (χ3v) is 8.21. The van der Waals surface area contributed by atoms with Crippen LogP contribution in [0.3, 0.4) is 0 Å². The van der Waals surface area contributed by atoms with Gasteiger partial charge in [0, 0.05) is 51.2 Å². The third kappa shape index (κ3) is 4.89. The highest BCUT2D eigenvalue weighted by atomic mass is 32.2. The van der Waals surface area contributed by atoms with E-state index in [1.54, 1.807) is 26.1 Å². The van der Waals surface area contributed by atoms with Gasteiger partial charge < -0.3 is 19.1 Å². The summed E-state index contributed by atoms with van der Waals surface area (Å²) in [7, 11) is 3.88. The number of methoxy groups -OCH3 is 1. The number of benzene rings is 3. The van der Waals surface area contributed by atoms with Crippen LogP contribution in [0.4, 0.5) is 0 Å². The Morgan fingerprint density at radius 2 is 1.64 bits per heavy atom. The van der Waals surface area contributed by atoms with Crippen LogP contribution in [0.2, 0.25) is 0 Å². The Morgan fingerprint density at radius 3 is 2.28 bits per heavy atom. The quantitative estimate of drug-likeness (QED) is 0.510. The zero-order chi connectivity index (χ0) is 25.3. The molecule has 0 aromatic heterocycles. The summed E-state index contributed by atoms with van der Waals surface area (Å²) in [5, 5.41) is 0. The third-order valence-electron chi connectivity index (χ3n) is 6.70. The molecular weight excluding hydrogens is 476 g/mol. The van der Waals surface area contributed by atoms with Gasteiger partial charge >= 0.3 is 0 Å². The van der Waals surface area contributed by atoms with Gasteiger partial charge in [0.05, 0.1) is 18.6 Å². The topological polar surface area (TPSA) is 68.3 Å². The van der Waals surface area contributed by atoms with Crippen molar-refractivity contribution in [3.63, 3.8) is 0 Å². The Balaban J connectivity index is 1.24. The van der Waals surface area contributed by atoms with E-state index in [1.165, 1.54) is 0 Å². The molecule has 1 atom stereocenters. The number of fused-ring (bicyclic) bond motifs is 1. The number of carbonyl (C=O) groups is 1. The fourth-order valence-corrected chi connectivity index (χ4v) is 5.74. The van der Waals surface area contributed by atoms with E-state index < -0.39 is 16.8 Å². The smallest absolute Gasteiger partial charge is 0.253 e. The summed E-state index contributed by atoms with van der Waals surface area (Å²) in [6.07, 6.45) is 1.27. The number of ether oxygens (including phenoxy) is 3. The van der Waals surface area contributed by atoms with Crippen LogP contribution >= 0.6 is 0 Å². The van der Waals surface area contributed by atoms with Gasteiger partial charge in [0.1, 0.15) is 22.5 Å². The summed E-state index contributed by atoms with van der Waals surface area (Å²) in [5.41, 5.74) is 3.73. The first kappa shape index (κ1) is 24.5. The van der Waals surface area contributed by atoms with Gasteiger partial charge in [-0.15, -0.1) is 0 Å². The van der Waals surface area contributed by atoms with E-state index in [0.717, 1.165) is 33.1 Å². The summed E-state index contributed by atoms with van der Waals surface area (Å²) in [5.74, 6) is 0.867. The van der Waals surface area contributed by atoms with Crippen LogP contribution in [0.15, 0.2) is 71.6 Å². The van der Waals surface area contributed by atoms with Crippen LogP contribution in [0.5, 0.6) is 11.5 Å². The molecule has 1 saturated heterocycles. The monoisotopic (exact) mass is 506 g/mol. The van der Waals surface area contributed by atoms with Crippen LogP contribution in [-0.4, -0.2) is 59.4 Å². The summed E-state index contributed by atoms with van der Waals surface area (Å²) in [6, 6.07) is 21.1. The van der Waals surface area contributed by atoms with Crippen molar-refractivity contribution in [3.8, 4) is 22.6 Å². The van der Waals surface area contributed by atoms with Crippen molar-refractivity contribution in [3.05, 3.63) is 77.9 Å². The van der Waals surface area contributed by atoms with E-state index in [2.05, 4.69) is 6.07 Å². The highest BCUT2D eigenvalue weighted by molar-refractivity contribution is 7.82. The molecule has 1 amide bonds. The molecule has 188 valence electrons. The molecule has 2 aliphatic heterocycles. The molecule has 1 spiro atoms. The van der Waals surface area contributed by atoms with Gasteiger partial charge in [-0.3, -0.25) is 4.79 Å². The summed E-state index contributed by atoms with van der Waals surface area (Å²) >= 11 is 0. The zero-order valence-corrected chi connectivity index (χ0v) is 21.5. The van der Waals surface area contributed by atoms with Gasteiger partial charge in [-0.1, -0.05) is 18.2 Å². The highest BCUT2D eigenvalue weighted by Gasteiger charge is 2.42. The number of carbonyl (C=O) groups excluding carboxylic acids is 1. The molecule has 0 N–H and O–H groups in total. The molecule has 7 nitrogen and oxygen atoms in total. The van der Waals surface area contributed by atoms with Crippen LogP contribution in [-0.2, 0) is 22.3 Å². The first-order chi connectivity index (χ1) is 17.4. The summed E-state index contributed by atoms with van der Waals surface area (Å²) < 4.78 is 32.8. The Kier molecular flexibility index (Phi) is 6.83. The number of hydrogen-bond acceptors (Lipinski definition) is 5. The van der Waals surface area contributed by atoms with Gasteiger partial charge in [-0.25, -0.2) is 8.51 Å². The van der Waals surface area contributed by atoms with E-state index in [-0.39, 0.29) is 5.91 Å². The predicted octanol–water partition coefficient (Wildman–Crippen LogP) is 4.49.